The van der Waals surface area contributed by atoms with Gasteiger partial charge in [0.1, 0.15) is 24.0 Å². The summed E-state index contributed by atoms with van der Waals surface area (Å²) in [4.78, 5) is 86.0. The second-order valence-electron chi connectivity index (χ2n) is 24.1. The molecule has 5 aromatic rings. The number of rotatable bonds is 40. The highest BCUT2D eigenvalue weighted by Gasteiger charge is 2.37. The van der Waals surface area contributed by atoms with Gasteiger partial charge in [0.05, 0.1) is 149 Å². The third-order valence-electron chi connectivity index (χ3n) is 17.2. The number of imide groups is 1. The summed E-state index contributed by atoms with van der Waals surface area (Å²) in [5.74, 6) is 6.24. The minimum absolute atomic E-state index is 0.0177. The lowest BCUT2D eigenvalue weighted by molar-refractivity contribution is -0.131. The first-order chi connectivity index (χ1) is 46.3. The molecule has 1 aliphatic carbocycles. The molecule has 0 bridgehead atoms. The van der Waals surface area contributed by atoms with E-state index in [0.717, 1.165) is 103 Å². The Morgan fingerprint density at radius 2 is 1.37 bits per heavy atom. The molecule has 6 heterocycles. The standard InChI is InChI=1S/C68H95N11O16/c1-68(19-26-76(27-20-68)51-15-23-77(24-16-51)66-73-56-12-9-50(55-46-75(2)65(83)64-53(55)14-22-69-64)44-54(56)63(74-66)59(47-86-4)95-52-10-11-52)72-21-6-7-49-8-13-58(87-5)57(43-49)78-25-17-62(82)79(67(78)84)48-71-61(81)45-70-60(80)18-28-88-31-32-90-35-36-92-39-40-94-42-41-93-38-37-91-34-33-89-30-29-85-3/h8-9,12-14,22,43-44,46,51-52,59,69,72H,10-11,15-21,23-42,45,47-48H2,1-5H3,(H,70,80)(H,71,81). The van der Waals surface area contributed by atoms with Gasteiger partial charge in [0.25, 0.3) is 5.56 Å². The third kappa shape index (κ3) is 21.4. The number of carbonyl (C=O) groups excluding carboxylic acids is 4. The van der Waals surface area contributed by atoms with Gasteiger partial charge in [-0.15, -0.1) is 0 Å². The Kier molecular flexibility index (Phi) is 28.4. The van der Waals surface area contributed by atoms with Crippen LogP contribution in [0.2, 0.25) is 0 Å². The Balaban J connectivity index is 0.650. The molecule has 9 rings (SSSR count). The maximum Gasteiger partial charge on any atom is 0.332 e. The van der Waals surface area contributed by atoms with Gasteiger partial charge in [0.2, 0.25) is 23.7 Å². The van der Waals surface area contributed by atoms with E-state index in [2.05, 4.69) is 67.7 Å². The number of benzene rings is 2. The van der Waals surface area contributed by atoms with E-state index in [1.807, 2.05) is 18.3 Å². The van der Waals surface area contributed by atoms with Crippen LogP contribution in [0.25, 0.3) is 32.9 Å². The van der Waals surface area contributed by atoms with Gasteiger partial charge in [0, 0.05) is 113 Å². The smallest absolute Gasteiger partial charge is 0.332 e. The molecule has 3 aromatic heterocycles. The van der Waals surface area contributed by atoms with Crippen LogP contribution in [-0.4, -0.2) is 250 Å². The molecular formula is C68H95N11O16. The van der Waals surface area contributed by atoms with E-state index in [-0.39, 0.29) is 69.1 Å². The molecule has 95 heavy (non-hydrogen) atoms. The van der Waals surface area contributed by atoms with Crippen molar-refractivity contribution in [3.8, 4) is 28.7 Å². The summed E-state index contributed by atoms with van der Waals surface area (Å²) in [6.07, 6.45) is 9.48. The summed E-state index contributed by atoms with van der Waals surface area (Å²) in [6.45, 7) is 12.4. The SMILES string of the molecule is COCCOCCOCCOCCOCCOCCOCCOCCC(=O)NCC(=O)NCN1C(=O)CCN(c2cc(C#CCNC3(C)CCN(C4CCN(c5nc(C(COC)OC6CC6)c6cc(-c7cn(C)c(=O)c8[nH]ccc78)ccc6n5)CC4)CC3)ccc2OC)C1=O. The van der Waals surface area contributed by atoms with Crippen LogP contribution in [0.3, 0.4) is 0 Å². The van der Waals surface area contributed by atoms with Crippen molar-refractivity contribution in [1.29, 1.82) is 0 Å². The van der Waals surface area contributed by atoms with Crippen molar-refractivity contribution in [2.45, 2.75) is 82.1 Å². The number of nitrogens with one attached hydrogen (secondary N) is 4. The molecule has 3 saturated heterocycles. The van der Waals surface area contributed by atoms with E-state index >= 15 is 0 Å². The van der Waals surface area contributed by atoms with E-state index in [4.69, 9.17) is 62.1 Å². The fourth-order valence-corrected chi connectivity index (χ4v) is 11.6. The van der Waals surface area contributed by atoms with E-state index in [9.17, 15) is 24.0 Å². The average molecular weight is 1320 g/mol. The van der Waals surface area contributed by atoms with Crippen LogP contribution in [0, 0.1) is 11.8 Å². The van der Waals surface area contributed by atoms with Crippen LogP contribution < -0.4 is 36.0 Å². The van der Waals surface area contributed by atoms with Crippen molar-refractivity contribution >= 4 is 57.2 Å². The first kappa shape index (κ1) is 72.1. The molecule has 27 nitrogen and oxygen atoms in total. The quantitative estimate of drug-likeness (QED) is 0.0314. The Morgan fingerprint density at radius 1 is 0.716 bits per heavy atom. The number of hydrogen-bond donors (Lipinski definition) is 4. The molecule has 4 N–H and O–H groups in total. The van der Waals surface area contributed by atoms with E-state index in [1.165, 1.54) is 12.0 Å². The molecule has 3 aliphatic heterocycles. The Bertz CT molecular complexity index is 3410. The number of urea groups is 1. The number of ether oxygens (including phenoxy) is 11. The van der Waals surface area contributed by atoms with E-state index in [0.29, 0.717) is 134 Å². The largest absolute Gasteiger partial charge is 0.495 e. The molecule has 4 fully saturated rings. The third-order valence-corrected chi connectivity index (χ3v) is 17.2. The number of likely N-dealkylation sites (tertiary alicyclic amines) is 1. The molecule has 5 amide bonds. The topological polar surface area (TPSA) is 282 Å². The molecule has 0 spiro atoms. The fraction of sp³-hybridized carbons (Fsp3) is 0.603. The second kappa shape index (κ2) is 37.4. The van der Waals surface area contributed by atoms with Crippen LogP contribution in [0.5, 0.6) is 5.75 Å². The van der Waals surface area contributed by atoms with Gasteiger partial charge in [0.15, 0.2) is 0 Å². The number of nitrogens with zero attached hydrogens (tertiary/aromatic N) is 7. The first-order valence-electron chi connectivity index (χ1n) is 33.1. The molecule has 2 aromatic carbocycles. The highest BCUT2D eigenvalue weighted by molar-refractivity contribution is 6.06. The lowest BCUT2D eigenvalue weighted by Gasteiger charge is -2.45. The number of amides is 5. The van der Waals surface area contributed by atoms with Gasteiger partial charge in [-0.05, 0) is 87.4 Å². The molecule has 1 atom stereocenters. The second-order valence-corrected chi connectivity index (χ2v) is 24.1. The zero-order valence-corrected chi connectivity index (χ0v) is 55.7. The van der Waals surface area contributed by atoms with Gasteiger partial charge in [-0.3, -0.25) is 24.1 Å². The van der Waals surface area contributed by atoms with Crippen molar-refractivity contribution in [2.24, 2.45) is 7.05 Å². The Morgan fingerprint density at radius 3 is 2.00 bits per heavy atom. The van der Waals surface area contributed by atoms with Crippen molar-refractivity contribution in [1.82, 2.24) is 45.3 Å². The first-order valence-corrected chi connectivity index (χ1v) is 33.1. The number of aromatic nitrogens is 4. The number of anilines is 2. The minimum Gasteiger partial charge on any atom is -0.495 e. The zero-order valence-electron chi connectivity index (χ0n) is 55.7. The molecular weight excluding hydrogens is 1230 g/mol. The van der Waals surface area contributed by atoms with E-state index < -0.39 is 23.8 Å². The van der Waals surface area contributed by atoms with Crippen LogP contribution in [0.15, 0.2) is 59.7 Å². The van der Waals surface area contributed by atoms with Crippen molar-refractivity contribution in [3.63, 3.8) is 0 Å². The summed E-state index contributed by atoms with van der Waals surface area (Å²) in [5, 5.41) is 10.6. The number of piperidine rings is 2. The fourth-order valence-electron chi connectivity index (χ4n) is 11.6. The summed E-state index contributed by atoms with van der Waals surface area (Å²) in [7, 11) is 6.60. The highest BCUT2D eigenvalue weighted by atomic mass is 16.6. The summed E-state index contributed by atoms with van der Waals surface area (Å²) >= 11 is 0. The molecule has 1 saturated carbocycles. The maximum absolute atomic E-state index is 13.9. The highest BCUT2D eigenvalue weighted by Crippen LogP contribution is 2.38. The summed E-state index contributed by atoms with van der Waals surface area (Å²) in [6, 6.07) is 13.4. The monoisotopic (exact) mass is 1320 g/mol. The van der Waals surface area contributed by atoms with Crippen molar-refractivity contribution < 1.29 is 71.3 Å². The summed E-state index contributed by atoms with van der Waals surface area (Å²) in [5.41, 5.74) is 5.05. The van der Waals surface area contributed by atoms with Gasteiger partial charge >= 0.3 is 6.03 Å². The number of methoxy groups -OCH3 is 3. The summed E-state index contributed by atoms with van der Waals surface area (Å²) < 4.78 is 62.7. The number of hydrogen-bond acceptors (Lipinski definition) is 21. The van der Waals surface area contributed by atoms with Crippen molar-refractivity contribution in [3.05, 3.63) is 76.5 Å². The predicted molar refractivity (Wildman–Crippen MR) is 356 cm³/mol. The molecule has 0 radical (unpaired) electrons. The number of aromatic amines is 1. The van der Waals surface area contributed by atoms with Gasteiger partial charge in [-0.1, -0.05) is 17.9 Å². The van der Waals surface area contributed by atoms with Gasteiger partial charge in [-0.2, -0.15) is 0 Å². The van der Waals surface area contributed by atoms with Crippen LogP contribution >= 0.6 is 0 Å². The molecule has 4 aliphatic rings. The lowest BCUT2D eigenvalue weighted by Crippen LogP contribution is -2.56. The van der Waals surface area contributed by atoms with Crippen LogP contribution in [0.1, 0.15) is 75.7 Å². The van der Waals surface area contributed by atoms with Crippen LogP contribution in [-0.2, 0) is 68.8 Å². The Hall–Kier alpha value is -7.17. The van der Waals surface area contributed by atoms with E-state index in [1.54, 1.807) is 44.2 Å². The number of H-pyrrole nitrogens is 1. The van der Waals surface area contributed by atoms with Crippen LogP contribution in [0.4, 0.5) is 16.4 Å². The molecule has 27 heteroatoms. The van der Waals surface area contributed by atoms with Gasteiger partial charge < -0.3 is 87.4 Å². The normalized spacial score (nSPS) is 16.6. The lowest BCUT2D eigenvalue weighted by atomic mass is 9.88. The molecule has 1 unspecified atom stereocenters. The van der Waals surface area contributed by atoms with Crippen molar-refractivity contribution in [2.75, 3.05) is 189 Å². The Labute approximate surface area is 555 Å². The average Bonchev–Trinajstić information content (AvgIpc) is 1.70. The van der Waals surface area contributed by atoms with Gasteiger partial charge in [-0.25, -0.2) is 19.7 Å². The number of aryl methyl sites for hydroxylation is 1. The number of carbonyl (C=O) groups is 4. The zero-order chi connectivity index (χ0) is 66.8. The number of fused-ring (bicyclic) bond motifs is 2. The minimum atomic E-state index is -0.625. The maximum atomic E-state index is 13.9. The molecule has 518 valence electrons. The number of pyridine rings is 1. The predicted octanol–water partition coefficient (Wildman–Crippen LogP) is 4.32.